The zero-order valence-electron chi connectivity index (χ0n) is 20.8. The van der Waals surface area contributed by atoms with Crippen molar-refractivity contribution >= 4 is 11.8 Å². The van der Waals surface area contributed by atoms with Crippen molar-refractivity contribution in [3.63, 3.8) is 0 Å². The molecule has 0 bridgehead atoms. The van der Waals surface area contributed by atoms with E-state index in [4.69, 9.17) is 0 Å². The maximum absolute atomic E-state index is 12.9. The van der Waals surface area contributed by atoms with Crippen molar-refractivity contribution < 1.29 is 9.59 Å². The Kier molecular flexibility index (Phi) is 8.67. The number of aryl methyl sites for hydroxylation is 3. The van der Waals surface area contributed by atoms with Crippen LogP contribution in [0, 0.1) is 19.8 Å². The molecule has 0 aliphatic carbocycles. The first-order chi connectivity index (χ1) is 15.7. The van der Waals surface area contributed by atoms with Crippen LogP contribution < -0.4 is 0 Å². The highest BCUT2D eigenvalue weighted by molar-refractivity contribution is 5.78. The van der Waals surface area contributed by atoms with Gasteiger partial charge in [-0.15, -0.1) is 0 Å². The Morgan fingerprint density at radius 2 is 1.76 bits per heavy atom. The van der Waals surface area contributed by atoms with Gasteiger partial charge in [-0.2, -0.15) is 5.10 Å². The Labute approximate surface area is 198 Å². The van der Waals surface area contributed by atoms with Crippen molar-refractivity contribution in [2.75, 3.05) is 40.8 Å². The first kappa shape index (κ1) is 25.0. The topological polar surface area (TPSA) is 61.7 Å². The number of hydrogen-bond acceptors (Lipinski definition) is 4. The summed E-state index contributed by atoms with van der Waals surface area (Å²) >= 11 is 0. The highest BCUT2D eigenvalue weighted by Gasteiger charge is 2.32. The third-order valence-electron chi connectivity index (χ3n) is 6.71. The number of amides is 2. The van der Waals surface area contributed by atoms with Gasteiger partial charge in [0, 0.05) is 44.8 Å². The lowest BCUT2D eigenvalue weighted by Gasteiger charge is -2.40. The molecule has 1 aromatic carbocycles. The molecule has 33 heavy (non-hydrogen) atoms. The molecule has 0 spiro atoms. The van der Waals surface area contributed by atoms with Gasteiger partial charge in [0.05, 0.1) is 12.2 Å². The van der Waals surface area contributed by atoms with Gasteiger partial charge in [0.25, 0.3) is 0 Å². The maximum Gasteiger partial charge on any atom is 0.236 e. The van der Waals surface area contributed by atoms with Gasteiger partial charge in [-0.1, -0.05) is 30.3 Å². The van der Waals surface area contributed by atoms with Gasteiger partial charge in [-0.3, -0.25) is 14.3 Å². The highest BCUT2D eigenvalue weighted by atomic mass is 16.2. The fourth-order valence-corrected chi connectivity index (χ4v) is 4.84. The molecule has 0 radical (unpaired) electrons. The van der Waals surface area contributed by atoms with Crippen molar-refractivity contribution in [2.24, 2.45) is 5.92 Å². The largest absolute Gasteiger partial charge is 0.343 e. The summed E-state index contributed by atoms with van der Waals surface area (Å²) in [6.45, 7) is 6.53. The van der Waals surface area contributed by atoms with E-state index in [2.05, 4.69) is 29.4 Å². The van der Waals surface area contributed by atoms with E-state index in [9.17, 15) is 9.59 Å². The van der Waals surface area contributed by atoms with E-state index >= 15 is 0 Å². The average Bonchev–Trinajstić information content (AvgIpc) is 3.12. The van der Waals surface area contributed by atoms with Crippen LogP contribution >= 0.6 is 0 Å². The molecule has 0 saturated carbocycles. The van der Waals surface area contributed by atoms with Crippen molar-refractivity contribution in [1.29, 1.82) is 0 Å². The van der Waals surface area contributed by atoms with E-state index in [1.807, 2.05) is 66.5 Å². The predicted octanol–water partition coefficient (Wildman–Crippen LogP) is 2.76. The summed E-state index contributed by atoms with van der Waals surface area (Å²) in [7, 11) is 5.79. The van der Waals surface area contributed by atoms with Crippen LogP contribution in [0.4, 0.5) is 0 Å². The summed E-state index contributed by atoms with van der Waals surface area (Å²) in [5, 5.41) is 4.46. The standard InChI is InChI=1S/C26H39N5O2/c1-20-17-21(2)31(27-20)16-13-25(32)30-14-11-23(12-15-30)24(18-22-9-7-6-8-10-22)29(5)26(33)19-28(3)4/h6-10,17,23-24H,11-16,18-19H2,1-5H3. The Balaban J connectivity index is 1.60. The lowest BCUT2D eigenvalue weighted by atomic mass is 9.85. The average molecular weight is 454 g/mol. The second-order valence-corrected chi connectivity index (χ2v) is 9.62. The molecular formula is C26H39N5O2. The van der Waals surface area contributed by atoms with E-state index in [-0.39, 0.29) is 17.9 Å². The smallest absolute Gasteiger partial charge is 0.236 e. The van der Waals surface area contributed by atoms with Gasteiger partial charge in [-0.05, 0) is 64.8 Å². The van der Waals surface area contributed by atoms with E-state index in [0.717, 1.165) is 43.7 Å². The number of aromatic nitrogens is 2. The van der Waals surface area contributed by atoms with E-state index in [1.54, 1.807) is 0 Å². The first-order valence-electron chi connectivity index (χ1n) is 12.0. The van der Waals surface area contributed by atoms with Gasteiger partial charge in [0.2, 0.25) is 11.8 Å². The SMILES string of the molecule is Cc1cc(C)n(CCC(=O)N2CCC(C(Cc3ccccc3)N(C)C(=O)CN(C)C)CC2)n1. The first-order valence-corrected chi connectivity index (χ1v) is 12.0. The minimum absolute atomic E-state index is 0.131. The summed E-state index contributed by atoms with van der Waals surface area (Å²) < 4.78 is 1.92. The third-order valence-corrected chi connectivity index (χ3v) is 6.71. The molecule has 3 rings (SSSR count). The van der Waals surface area contributed by atoms with Crippen LogP contribution in [0.1, 0.15) is 36.2 Å². The fourth-order valence-electron chi connectivity index (χ4n) is 4.84. The third kappa shape index (κ3) is 6.90. The molecular weight excluding hydrogens is 414 g/mol. The Bertz CT molecular complexity index is 916. The number of carbonyl (C=O) groups excluding carboxylic acids is 2. The van der Waals surface area contributed by atoms with Crippen LogP contribution in [-0.2, 0) is 22.6 Å². The minimum atomic E-state index is 0.131. The zero-order valence-corrected chi connectivity index (χ0v) is 20.8. The Morgan fingerprint density at radius 3 is 2.33 bits per heavy atom. The fraction of sp³-hybridized carbons (Fsp3) is 0.577. The van der Waals surface area contributed by atoms with Crippen LogP contribution in [0.25, 0.3) is 0 Å². The van der Waals surface area contributed by atoms with Gasteiger partial charge >= 0.3 is 0 Å². The van der Waals surface area contributed by atoms with Crippen molar-refractivity contribution in [1.82, 2.24) is 24.5 Å². The van der Waals surface area contributed by atoms with Crippen molar-refractivity contribution in [3.8, 4) is 0 Å². The summed E-state index contributed by atoms with van der Waals surface area (Å²) in [5.41, 5.74) is 3.32. The number of likely N-dealkylation sites (tertiary alicyclic amines) is 1. The summed E-state index contributed by atoms with van der Waals surface area (Å²) in [6.07, 6.45) is 3.15. The second kappa shape index (κ2) is 11.5. The lowest BCUT2D eigenvalue weighted by molar-refractivity contribution is -0.137. The minimum Gasteiger partial charge on any atom is -0.343 e. The number of likely N-dealkylation sites (N-methyl/N-ethyl adjacent to an activating group) is 2. The van der Waals surface area contributed by atoms with Gasteiger partial charge in [0.15, 0.2) is 0 Å². The molecule has 1 unspecified atom stereocenters. The summed E-state index contributed by atoms with van der Waals surface area (Å²) in [6, 6.07) is 12.6. The summed E-state index contributed by atoms with van der Waals surface area (Å²) in [4.78, 5) is 31.5. The van der Waals surface area contributed by atoms with Crippen LogP contribution in [0.3, 0.4) is 0 Å². The van der Waals surface area contributed by atoms with E-state index in [0.29, 0.717) is 25.4 Å². The summed E-state index contributed by atoms with van der Waals surface area (Å²) in [5.74, 6) is 0.711. The molecule has 2 amide bonds. The molecule has 1 saturated heterocycles. The Hall–Kier alpha value is -2.67. The molecule has 1 aliphatic rings. The number of nitrogens with zero attached hydrogens (tertiary/aromatic N) is 5. The monoisotopic (exact) mass is 453 g/mol. The van der Waals surface area contributed by atoms with Crippen molar-refractivity contribution in [3.05, 3.63) is 53.3 Å². The number of piperidine rings is 1. The van der Waals surface area contributed by atoms with Crippen LogP contribution in [-0.4, -0.2) is 83.1 Å². The molecule has 0 N–H and O–H groups in total. The number of carbonyl (C=O) groups is 2. The molecule has 2 aromatic rings. The zero-order chi connectivity index (χ0) is 24.0. The van der Waals surface area contributed by atoms with Crippen molar-refractivity contribution in [2.45, 2.75) is 52.1 Å². The van der Waals surface area contributed by atoms with E-state index in [1.165, 1.54) is 5.56 Å². The highest BCUT2D eigenvalue weighted by Crippen LogP contribution is 2.27. The lowest BCUT2D eigenvalue weighted by Crippen LogP contribution is -2.50. The molecule has 7 heteroatoms. The molecule has 1 atom stereocenters. The Morgan fingerprint density at radius 1 is 1.09 bits per heavy atom. The molecule has 7 nitrogen and oxygen atoms in total. The van der Waals surface area contributed by atoms with Crippen LogP contribution in [0.5, 0.6) is 0 Å². The number of hydrogen-bond donors (Lipinski definition) is 0. The van der Waals surface area contributed by atoms with Crippen LogP contribution in [0.15, 0.2) is 36.4 Å². The second-order valence-electron chi connectivity index (χ2n) is 9.62. The van der Waals surface area contributed by atoms with Gasteiger partial charge in [-0.25, -0.2) is 0 Å². The molecule has 1 fully saturated rings. The van der Waals surface area contributed by atoms with E-state index < -0.39 is 0 Å². The molecule has 1 aromatic heterocycles. The number of rotatable bonds is 9. The molecule has 180 valence electrons. The molecule has 2 heterocycles. The van der Waals surface area contributed by atoms with Crippen LogP contribution in [0.2, 0.25) is 0 Å². The quantitative estimate of drug-likeness (QED) is 0.586. The maximum atomic E-state index is 12.9. The molecule has 1 aliphatic heterocycles. The van der Waals surface area contributed by atoms with Gasteiger partial charge in [0.1, 0.15) is 0 Å². The van der Waals surface area contributed by atoms with Gasteiger partial charge < -0.3 is 14.7 Å². The normalized spacial score (nSPS) is 15.6. The predicted molar refractivity (Wildman–Crippen MR) is 131 cm³/mol. The number of benzene rings is 1.